The topological polar surface area (TPSA) is 109 Å². The second-order valence-corrected chi connectivity index (χ2v) is 7.01. The maximum absolute atomic E-state index is 12.3. The summed E-state index contributed by atoms with van der Waals surface area (Å²) in [5.74, 6) is -0.824. The van der Waals surface area contributed by atoms with Crippen molar-refractivity contribution in [2.24, 2.45) is 0 Å². The summed E-state index contributed by atoms with van der Waals surface area (Å²) in [5.41, 5.74) is 2.18. The summed E-state index contributed by atoms with van der Waals surface area (Å²) in [4.78, 5) is 34.6. The number of carboxylic acids is 1. The van der Waals surface area contributed by atoms with Crippen LogP contribution in [0.4, 0.5) is 0 Å². The molecule has 1 heterocycles. The van der Waals surface area contributed by atoms with Crippen molar-refractivity contribution in [1.29, 1.82) is 0 Å². The van der Waals surface area contributed by atoms with Gasteiger partial charge in [-0.3, -0.25) is 4.79 Å². The Bertz CT molecular complexity index is 931. The van der Waals surface area contributed by atoms with Crippen molar-refractivity contribution in [2.75, 3.05) is 6.54 Å². The zero-order chi connectivity index (χ0) is 20.8. The Hall–Kier alpha value is -2.83. The van der Waals surface area contributed by atoms with E-state index in [4.69, 9.17) is 9.15 Å². The quantitative estimate of drug-likeness (QED) is 0.519. The third-order valence-electron chi connectivity index (χ3n) is 4.69. The van der Waals surface area contributed by atoms with Gasteiger partial charge in [-0.25, -0.2) is 4.79 Å². The van der Waals surface area contributed by atoms with Crippen molar-refractivity contribution in [2.45, 2.75) is 59.5 Å². The second kappa shape index (κ2) is 9.39. The Kier molecular flexibility index (Phi) is 7.20. The Morgan fingerprint density at radius 3 is 2.54 bits per heavy atom. The van der Waals surface area contributed by atoms with E-state index in [9.17, 15) is 19.5 Å². The molecule has 0 spiro atoms. The standard InChI is InChI=1S/C21H27NO6/c1-12-10-16(19-13(2)14(3)21(26)28-17(19)11-12)27-15(4)20(25)22-9-7-5-6-8-18(23)24/h10-11,15H,5-9H2,1-4H3,(H,22,25)(H,23,24)/p-1/t15-/m0/s1. The molecule has 2 aromatic rings. The zero-order valence-electron chi connectivity index (χ0n) is 16.7. The van der Waals surface area contributed by atoms with Crippen LogP contribution in [0.2, 0.25) is 0 Å². The predicted octanol–water partition coefficient (Wildman–Crippen LogP) is 1.91. The molecule has 1 atom stereocenters. The first-order chi connectivity index (χ1) is 13.2. The largest absolute Gasteiger partial charge is 0.550 e. The zero-order valence-corrected chi connectivity index (χ0v) is 16.7. The third kappa shape index (κ3) is 5.34. The molecule has 1 amide bonds. The van der Waals surface area contributed by atoms with Gasteiger partial charge in [-0.15, -0.1) is 0 Å². The van der Waals surface area contributed by atoms with Gasteiger partial charge in [0.1, 0.15) is 11.3 Å². The number of unbranched alkanes of at least 4 members (excludes halogenated alkanes) is 2. The molecule has 0 unspecified atom stereocenters. The highest BCUT2D eigenvalue weighted by Gasteiger charge is 2.19. The minimum Gasteiger partial charge on any atom is -0.550 e. The van der Waals surface area contributed by atoms with E-state index < -0.39 is 12.1 Å². The number of carbonyl (C=O) groups excluding carboxylic acids is 2. The molecule has 1 aromatic carbocycles. The van der Waals surface area contributed by atoms with Crippen molar-refractivity contribution in [3.8, 4) is 5.75 Å². The smallest absolute Gasteiger partial charge is 0.339 e. The summed E-state index contributed by atoms with van der Waals surface area (Å²) in [6, 6.07) is 3.59. The van der Waals surface area contributed by atoms with Gasteiger partial charge < -0.3 is 24.4 Å². The molecule has 0 fully saturated rings. The highest BCUT2D eigenvalue weighted by atomic mass is 16.5. The van der Waals surface area contributed by atoms with Crippen molar-refractivity contribution >= 4 is 22.8 Å². The lowest BCUT2D eigenvalue weighted by atomic mass is 10.0. The number of carboxylic acid groups (broad SMARTS) is 1. The van der Waals surface area contributed by atoms with Crippen LogP contribution in [0.3, 0.4) is 0 Å². The second-order valence-electron chi connectivity index (χ2n) is 7.01. The number of amides is 1. The van der Waals surface area contributed by atoms with E-state index in [0.717, 1.165) is 11.1 Å². The number of benzene rings is 1. The highest BCUT2D eigenvalue weighted by Crippen LogP contribution is 2.31. The van der Waals surface area contributed by atoms with Gasteiger partial charge >= 0.3 is 5.63 Å². The number of nitrogens with one attached hydrogen (secondary N) is 1. The molecular weight excluding hydrogens is 362 g/mol. The molecule has 1 aromatic heterocycles. The first-order valence-corrected chi connectivity index (χ1v) is 9.39. The number of hydrogen-bond acceptors (Lipinski definition) is 6. The van der Waals surface area contributed by atoms with Crippen molar-refractivity contribution < 1.29 is 23.8 Å². The molecule has 28 heavy (non-hydrogen) atoms. The van der Waals surface area contributed by atoms with Gasteiger partial charge in [0.05, 0.1) is 5.39 Å². The van der Waals surface area contributed by atoms with Crippen molar-refractivity contribution in [3.63, 3.8) is 0 Å². The van der Waals surface area contributed by atoms with Gasteiger partial charge in [0, 0.05) is 18.1 Å². The van der Waals surface area contributed by atoms with Gasteiger partial charge in [-0.1, -0.05) is 6.42 Å². The molecule has 2 rings (SSSR count). The lowest BCUT2D eigenvalue weighted by Gasteiger charge is -2.18. The van der Waals surface area contributed by atoms with Crippen LogP contribution >= 0.6 is 0 Å². The van der Waals surface area contributed by atoms with Crippen LogP contribution < -0.4 is 20.8 Å². The summed E-state index contributed by atoms with van der Waals surface area (Å²) in [6.45, 7) is 7.48. The van der Waals surface area contributed by atoms with Crippen LogP contribution in [-0.4, -0.2) is 24.5 Å². The number of aryl methyl sites for hydroxylation is 2. The molecule has 0 bridgehead atoms. The highest BCUT2D eigenvalue weighted by molar-refractivity contribution is 5.89. The van der Waals surface area contributed by atoms with Gasteiger partial charge in [0.25, 0.3) is 5.91 Å². The van der Waals surface area contributed by atoms with E-state index in [1.807, 2.05) is 19.9 Å². The Morgan fingerprint density at radius 1 is 1.14 bits per heavy atom. The minimum absolute atomic E-state index is 0.0305. The van der Waals surface area contributed by atoms with Crippen LogP contribution in [0.15, 0.2) is 21.3 Å². The SMILES string of the molecule is Cc1cc(O[C@@H](C)C(=O)NCCCCCC(=O)[O-])c2c(C)c(C)c(=O)oc2c1. The number of hydrogen-bond donors (Lipinski definition) is 1. The van der Waals surface area contributed by atoms with Crippen LogP contribution in [0.25, 0.3) is 11.0 Å². The first-order valence-electron chi connectivity index (χ1n) is 9.39. The van der Waals surface area contributed by atoms with E-state index in [0.29, 0.717) is 48.1 Å². The maximum Gasteiger partial charge on any atom is 0.339 e. The first kappa shape index (κ1) is 21.5. The molecule has 0 aliphatic rings. The van der Waals surface area contributed by atoms with Gasteiger partial charge in [-0.05, 0) is 70.2 Å². The molecule has 0 aliphatic carbocycles. The Balaban J connectivity index is 2.05. The summed E-state index contributed by atoms with van der Waals surface area (Å²) >= 11 is 0. The van der Waals surface area contributed by atoms with Crippen molar-refractivity contribution in [1.82, 2.24) is 5.32 Å². The van der Waals surface area contributed by atoms with E-state index >= 15 is 0 Å². The van der Waals surface area contributed by atoms with Crippen LogP contribution in [0.1, 0.15) is 49.3 Å². The van der Waals surface area contributed by atoms with E-state index in [-0.39, 0.29) is 18.0 Å². The van der Waals surface area contributed by atoms with E-state index in [2.05, 4.69) is 5.32 Å². The predicted molar refractivity (Wildman–Crippen MR) is 103 cm³/mol. The summed E-state index contributed by atoms with van der Waals surface area (Å²) in [6.07, 6.45) is 1.21. The Labute approximate surface area is 163 Å². The van der Waals surface area contributed by atoms with Gasteiger partial charge in [-0.2, -0.15) is 0 Å². The fraction of sp³-hybridized carbons (Fsp3) is 0.476. The lowest BCUT2D eigenvalue weighted by molar-refractivity contribution is -0.305. The fourth-order valence-corrected chi connectivity index (χ4v) is 2.95. The molecule has 7 nitrogen and oxygen atoms in total. The van der Waals surface area contributed by atoms with E-state index in [1.54, 1.807) is 19.9 Å². The summed E-state index contributed by atoms with van der Waals surface area (Å²) in [5, 5.41) is 13.8. The van der Waals surface area contributed by atoms with Gasteiger partial charge in [0.15, 0.2) is 6.10 Å². The molecule has 1 N–H and O–H groups in total. The number of ether oxygens (including phenoxy) is 1. The average molecular weight is 388 g/mol. The molecule has 152 valence electrons. The third-order valence-corrected chi connectivity index (χ3v) is 4.69. The molecule has 0 saturated heterocycles. The molecule has 0 radical (unpaired) electrons. The fourth-order valence-electron chi connectivity index (χ4n) is 2.95. The van der Waals surface area contributed by atoms with Crippen molar-refractivity contribution in [3.05, 3.63) is 39.2 Å². The Morgan fingerprint density at radius 2 is 1.86 bits per heavy atom. The normalized spacial score (nSPS) is 12.0. The number of carbonyl (C=O) groups is 2. The molecule has 0 saturated carbocycles. The van der Waals surface area contributed by atoms with Crippen LogP contribution in [0.5, 0.6) is 5.75 Å². The molecule has 0 aliphatic heterocycles. The number of aliphatic carboxylic acids is 1. The summed E-state index contributed by atoms with van der Waals surface area (Å²) in [7, 11) is 0. The number of fused-ring (bicyclic) bond motifs is 1. The summed E-state index contributed by atoms with van der Waals surface area (Å²) < 4.78 is 11.3. The monoisotopic (exact) mass is 388 g/mol. The van der Waals surface area contributed by atoms with Crippen LogP contribution in [-0.2, 0) is 9.59 Å². The minimum atomic E-state index is -1.06. The molecular formula is C21H26NO6-. The van der Waals surface area contributed by atoms with E-state index in [1.165, 1.54) is 0 Å². The lowest BCUT2D eigenvalue weighted by Crippen LogP contribution is -2.36. The average Bonchev–Trinajstić information content (AvgIpc) is 2.61. The molecule has 7 heteroatoms. The number of rotatable bonds is 9. The maximum atomic E-state index is 12.3. The van der Waals surface area contributed by atoms with Gasteiger partial charge in [0.2, 0.25) is 0 Å². The van der Waals surface area contributed by atoms with Crippen LogP contribution in [0, 0.1) is 20.8 Å².